The molecular weight excluding hydrogens is 276 g/mol. The molecule has 1 aromatic rings. The van der Waals surface area contributed by atoms with Gasteiger partial charge in [-0.25, -0.2) is 0 Å². The molecule has 1 aliphatic rings. The first-order chi connectivity index (χ1) is 8.29. The molecule has 0 spiro atoms. The van der Waals surface area contributed by atoms with E-state index in [0.717, 1.165) is 23.6 Å². The van der Waals surface area contributed by atoms with Crippen LogP contribution in [0.2, 0.25) is 0 Å². The maximum Gasteiger partial charge on any atom is 0.0341 e. The van der Waals surface area contributed by atoms with Gasteiger partial charge in [-0.05, 0) is 50.1 Å². The Morgan fingerprint density at radius 1 is 1.35 bits per heavy atom. The molecule has 0 saturated carbocycles. The van der Waals surface area contributed by atoms with Gasteiger partial charge in [0.2, 0.25) is 0 Å². The van der Waals surface area contributed by atoms with Crippen molar-refractivity contribution in [3.63, 3.8) is 0 Å². The molecule has 17 heavy (non-hydrogen) atoms. The Morgan fingerprint density at radius 3 is 2.82 bits per heavy atom. The molecule has 1 N–H and O–H groups in total. The Kier molecular flexibility index (Phi) is 4.86. The Bertz CT molecular complexity index is 337. The van der Waals surface area contributed by atoms with Gasteiger partial charge in [-0.2, -0.15) is 0 Å². The second-order valence-corrected chi connectivity index (χ2v) is 5.59. The van der Waals surface area contributed by atoms with Gasteiger partial charge in [0, 0.05) is 29.3 Å². The predicted molar refractivity (Wildman–Crippen MR) is 77.5 cm³/mol. The van der Waals surface area contributed by atoms with Crippen molar-refractivity contribution < 1.29 is 0 Å². The number of nitrogens with zero attached hydrogens (tertiary/aromatic N) is 1. The van der Waals surface area contributed by atoms with Crippen LogP contribution >= 0.6 is 15.9 Å². The van der Waals surface area contributed by atoms with E-state index in [-0.39, 0.29) is 0 Å². The summed E-state index contributed by atoms with van der Waals surface area (Å²) in [4.78, 5) is 2.62. The molecule has 1 saturated heterocycles. The molecule has 0 aliphatic carbocycles. The van der Waals surface area contributed by atoms with Crippen molar-refractivity contribution in [2.24, 2.45) is 0 Å². The smallest absolute Gasteiger partial charge is 0.0341 e. The van der Waals surface area contributed by atoms with E-state index in [2.05, 4.69) is 57.3 Å². The number of hydrogen-bond acceptors (Lipinski definition) is 2. The number of rotatable bonds is 5. The minimum Gasteiger partial charge on any atom is -0.384 e. The van der Waals surface area contributed by atoms with Gasteiger partial charge in [-0.1, -0.05) is 22.9 Å². The summed E-state index contributed by atoms with van der Waals surface area (Å²) < 4.78 is 1.13. The molecule has 0 bridgehead atoms. The van der Waals surface area contributed by atoms with Crippen LogP contribution in [0.5, 0.6) is 0 Å². The molecule has 1 unspecified atom stereocenters. The SMILES string of the molecule is CCC1CCCN1CCNc1ccc(Br)cc1. The molecule has 1 aliphatic heterocycles. The molecule has 0 aromatic heterocycles. The van der Waals surface area contributed by atoms with Crippen LogP contribution < -0.4 is 5.32 Å². The Labute approximate surface area is 113 Å². The molecule has 0 radical (unpaired) electrons. The quantitative estimate of drug-likeness (QED) is 0.890. The highest BCUT2D eigenvalue weighted by molar-refractivity contribution is 9.10. The normalized spacial score (nSPS) is 20.7. The Morgan fingerprint density at radius 2 is 2.12 bits per heavy atom. The van der Waals surface area contributed by atoms with Crippen LogP contribution in [-0.4, -0.2) is 30.6 Å². The maximum absolute atomic E-state index is 3.48. The summed E-state index contributed by atoms with van der Waals surface area (Å²) in [5.74, 6) is 0. The van der Waals surface area contributed by atoms with E-state index < -0.39 is 0 Å². The molecule has 1 aromatic carbocycles. The van der Waals surface area contributed by atoms with Crippen molar-refractivity contribution in [3.05, 3.63) is 28.7 Å². The molecule has 1 fully saturated rings. The van der Waals surface area contributed by atoms with Gasteiger partial charge < -0.3 is 5.32 Å². The van der Waals surface area contributed by atoms with Crippen molar-refractivity contribution in [2.75, 3.05) is 25.0 Å². The first-order valence-corrected chi connectivity index (χ1v) is 7.32. The van der Waals surface area contributed by atoms with E-state index in [1.165, 1.54) is 31.5 Å². The third-order valence-corrected chi connectivity index (χ3v) is 4.07. The summed E-state index contributed by atoms with van der Waals surface area (Å²) >= 11 is 3.45. The fourth-order valence-corrected chi connectivity index (χ4v) is 2.83. The highest BCUT2D eigenvalue weighted by Gasteiger charge is 2.21. The van der Waals surface area contributed by atoms with Crippen LogP contribution in [0.3, 0.4) is 0 Å². The van der Waals surface area contributed by atoms with Crippen molar-refractivity contribution in [1.82, 2.24) is 4.90 Å². The van der Waals surface area contributed by atoms with E-state index in [1.807, 2.05) is 0 Å². The van der Waals surface area contributed by atoms with Gasteiger partial charge >= 0.3 is 0 Å². The van der Waals surface area contributed by atoms with Crippen LogP contribution in [0.25, 0.3) is 0 Å². The zero-order chi connectivity index (χ0) is 12.1. The minimum absolute atomic E-state index is 0.821. The molecule has 2 rings (SSSR count). The number of nitrogens with one attached hydrogen (secondary N) is 1. The molecule has 3 heteroatoms. The van der Waals surface area contributed by atoms with E-state index in [4.69, 9.17) is 0 Å². The molecule has 1 atom stereocenters. The van der Waals surface area contributed by atoms with Gasteiger partial charge in [-0.3, -0.25) is 4.90 Å². The van der Waals surface area contributed by atoms with Crippen LogP contribution in [0.1, 0.15) is 26.2 Å². The second-order valence-electron chi connectivity index (χ2n) is 4.67. The summed E-state index contributed by atoms with van der Waals surface area (Å²) in [6, 6.07) is 9.21. The zero-order valence-corrected chi connectivity index (χ0v) is 12.0. The fourth-order valence-electron chi connectivity index (χ4n) is 2.56. The number of anilines is 1. The molecular formula is C14H21BrN2. The van der Waals surface area contributed by atoms with Gasteiger partial charge in [0.25, 0.3) is 0 Å². The summed E-state index contributed by atoms with van der Waals surface area (Å²) in [5, 5.41) is 3.48. The second kappa shape index (κ2) is 6.41. The lowest BCUT2D eigenvalue weighted by molar-refractivity contribution is 0.258. The highest BCUT2D eigenvalue weighted by Crippen LogP contribution is 2.19. The highest BCUT2D eigenvalue weighted by atomic mass is 79.9. The number of benzene rings is 1. The number of hydrogen-bond donors (Lipinski definition) is 1. The van der Waals surface area contributed by atoms with Crippen molar-refractivity contribution in [1.29, 1.82) is 0 Å². The molecule has 1 heterocycles. The van der Waals surface area contributed by atoms with Crippen molar-refractivity contribution in [3.8, 4) is 0 Å². The fraction of sp³-hybridized carbons (Fsp3) is 0.571. The van der Waals surface area contributed by atoms with Crippen LogP contribution in [0.4, 0.5) is 5.69 Å². The first kappa shape index (κ1) is 12.9. The monoisotopic (exact) mass is 296 g/mol. The summed E-state index contributed by atoms with van der Waals surface area (Å²) in [6.45, 7) is 5.78. The maximum atomic E-state index is 3.48. The van der Waals surface area contributed by atoms with Crippen molar-refractivity contribution >= 4 is 21.6 Å². The third-order valence-electron chi connectivity index (χ3n) is 3.54. The molecule has 0 amide bonds. The van der Waals surface area contributed by atoms with Gasteiger partial charge in [0.1, 0.15) is 0 Å². The standard InChI is InChI=1S/C14H21BrN2/c1-2-14-4-3-10-17(14)11-9-16-13-7-5-12(15)6-8-13/h5-8,14,16H,2-4,9-11H2,1H3. The lowest BCUT2D eigenvalue weighted by Crippen LogP contribution is -2.33. The Hall–Kier alpha value is -0.540. The largest absolute Gasteiger partial charge is 0.384 e. The number of likely N-dealkylation sites (tertiary alicyclic amines) is 1. The van der Waals surface area contributed by atoms with Crippen LogP contribution in [-0.2, 0) is 0 Å². The van der Waals surface area contributed by atoms with E-state index in [1.54, 1.807) is 0 Å². The first-order valence-electron chi connectivity index (χ1n) is 6.53. The number of halogens is 1. The third kappa shape index (κ3) is 3.71. The minimum atomic E-state index is 0.821. The lowest BCUT2D eigenvalue weighted by Gasteiger charge is -2.23. The lowest BCUT2D eigenvalue weighted by atomic mass is 10.2. The van der Waals surface area contributed by atoms with Crippen LogP contribution in [0, 0.1) is 0 Å². The average Bonchev–Trinajstić information content (AvgIpc) is 2.79. The molecule has 94 valence electrons. The van der Waals surface area contributed by atoms with Crippen molar-refractivity contribution in [2.45, 2.75) is 32.2 Å². The topological polar surface area (TPSA) is 15.3 Å². The summed E-state index contributed by atoms with van der Waals surface area (Å²) in [5.41, 5.74) is 1.21. The van der Waals surface area contributed by atoms with E-state index in [9.17, 15) is 0 Å². The van der Waals surface area contributed by atoms with Gasteiger partial charge in [0.05, 0.1) is 0 Å². The van der Waals surface area contributed by atoms with E-state index in [0.29, 0.717) is 0 Å². The van der Waals surface area contributed by atoms with Gasteiger partial charge in [0.15, 0.2) is 0 Å². The Balaban J connectivity index is 1.74. The average molecular weight is 297 g/mol. The predicted octanol–water partition coefficient (Wildman–Crippen LogP) is 3.74. The summed E-state index contributed by atoms with van der Waals surface area (Å²) in [6.07, 6.45) is 4.05. The molecule has 2 nitrogen and oxygen atoms in total. The van der Waals surface area contributed by atoms with Crippen LogP contribution in [0.15, 0.2) is 28.7 Å². The summed E-state index contributed by atoms with van der Waals surface area (Å²) in [7, 11) is 0. The van der Waals surface area contributed by atoms with E-state index >= 15 is 0 Å². The zero-order valence-electron chi connectivity index (χ0n) is 10.5. The van der Waals surface area contributed by atoms with Gasteiger partial charge in [-0.15, -0.1) is 0 Å².